The number of hydrogen-bond donors (Lipinski definition) is 2. The molecule has 5 heteroatoms. The van der Waals surface area contributed by atoms with Crippen LogP contribution in [0.1, 0.15) is 28.8 Å². The number of likely N-dealkylation sites (tertiary alicyclic amines) is 1. The van der Waals surface area contributed by atoms with Gasteiger partial charge < -0.3 is 15.3 Å². The van der Waals surface area contributed by atoms with Gasteiger partial charge in [-0.2, -0.15) is 0 Å². The highest BCUT2D eigenvalue weighted by Crippen LogP contribution is 2.11. The molecule has 1 aliphatic heterocycles. The van der Waals surface area contributed by atoms with Crippen molar-refractivity contribution in [1.82, 2.24) is 10.2 Å². The second-order valence-corrected chi connectivity index (χ2v) is 5.02. The maximum Gasteiger partial charge on any atom is 0.251 e. The van der Waals surface area contributed by atoms with Crippen LogP contribution in [0.3, 0.4) is 0 Å². The monoisotopic (exact) mass is 286 g/mol. The van der Waals surface area contributed by atoms with E-state index in [4.69, 9.17) is 5.11 Å². The van der Waals surface area contributed by atoms with Crippen molar-refractivity contribution >= 4 is 11.8 Å². The molecule has 1 aromatic rings. The Bertz CT molecular complexity index is 584. The molecule has 1 fully saturated rings. The molecule has 2 amide bonds. The summed E-state index contributed by atoms with van der Waals surface area (Å²) in [6.07, 6.45) is 1.14. The summed E-state index contributed by atoms with van der Waals surface area (Å²) in [6, 6.07) is 6.89. The Kier molecular flexibility index (Phi) is 4.96. The van der Waals surface area contributed by atoms with E-state index in [0.717, 1.165) is 5.56 Å². The molecule has 1 heterocycles. The van der Waals surface area contributed by atoms with Gasteiger partial charge in [0, 0.05) is 37.2 Å². The van der Waals surface area contributed by atoms with Crippen molar-refractivity contribution in [2.24, 2.45) is 0 Å². The number of nitrogens with zero attached hydrogens (tertiary/aromatic N) is 1. The largest absolute Gasteiger partial charge is 0.384 e. The van der Waals surface area contributed by atoms with Gasteiger partial charge in [-0.25, -0.2) is 0 Å². The molecule has 2 rings (SSSR count). The van der Waals surface area contributed by atoms with Crippen LogP contribution in [0.15, 0.2) is 24.3 Å². The fraction of sp³-hybridized carbons (Fsp3) is 0.375. The Hall–Kier alpha value is -2.32. The van der Waals surface area contributed by atoms with Crippen LogP contribution in [0.5, 0.6) is 0 Å². The third-order valence-corrected chi connectivity index (χ3v) is 3.42. The van der Waals surface area contributed by atoms with Crippen molar-refractivity contribution in [1.29, 1.82) is 0 Å². The van der Waals surface area contributed by atoms with Gasteiger partial charge in [0.05, 0.1) is 0 Å². The highest BCUT2D eigenvalue weighted by Gasteiger charge is 2.24. The standard InChI is InChI=1S/C16H18N2O3/c1-18-11-14(8-9-15(18)20)17-16(21)13-6-4-12(5-7-13)3-2-10-19/h4-7,14,19H,8-11H2,1H3,(H,17,21). The normalized spacial score (nSPS) is 17.9. The summed E-state index contributed by atoms with van der Waals surface area (Å²) in [6.45, 7) is 0.362. The summed E-state index contributed by atoms with van der Waals surface area (Å²) in [7, 11) is 1.75. The van der Waals surface area contributed by atoms with Crippen molar-refractivity contribution in [3.63, 3.8) is 0 Å². The lowest BCUT2D eigenvalue weighted by Crippen LogP contribution is -2.48. The molecule has 1 atom stereocenters. The molecule has 0 aliphatic carbocycles. The van der Waals surface area contributed by atoms with Gasteiger partial charge in [-0.1, -0.05) is 11.8 Å². The average Bonchev–Trinajstić information content (AvgIpc) is 2.49. The predicted molar refractivity (Wildman–Crippen MR) is 78.5 cm³/mol. The first kappa shape index (κ1) is 15.1. The van der Waals surface area contributed by atoms with E-state index < -0.39 is 0 Å². The molecule has 1 aromatic carbocycles. The molecular formula is C16H18N2O3. The topological polar surface area (TPSA) is 69.6 Å². The minimum atomic E-state index is -0.184. The quantitative estimate of drug-likeness (QED) is 0.772. The minimum Gasteiger partial charge on any atom is -0.384 e. The zero-order chi connectivity index (χ0) is 15.2. The first-order valence-electron chi connectivity index (χ1n) is 6.85. The Morgan fingerprint density at radius 2 is 2.14 bits per heavy atom. The van der Waals surface area contributed by atoms with Crippen LogP contribution in [0, 0.1) is 11.8 Å². The zero-order valence-electron chi connectivity index (χ0n) is 11.9. The van der Waals surface area contributed by atoms with E-state index in [2.05, 4.69) is 17.2 Å². The number of hydrogen-bond acceptors (Lipinski definition) is 3. The van der Waals surface area contributed by atoms with Crippen LogP contribution in [-0.4, -0.2) is 48.1 Å². The van der Waals surface area contributed by atoms with Crippen molar-refractivity contribution < 1.29 is 14.7 Å². The van der Waals surface area contributed by atoms with Gasteiger partial charge in [-0.3, -0.25) is 9.59 Å². The molecule has 5 nitrogen and oxygen atoms in total. The molecule has 110 valence electrons. The van der Waals surface area contributed by atoms with Crippen molar-refractivity contribution in [3.05, 3.63) is 35.4 Å². The van der Waals surface area contributed by atoms with Crippen LogP contribution in [0.2, 0.25) is 0 Å². The summed E-state index contributed by atoms with van der Waals surface area (Å²) in [5, 5.41) is 11.6. The number of nitrogens with one attached hydrogen (secondary N) is 1. The summed E-state index contributed by atoms with van der Waals surface area (Å²) >= 11 is 0. The number of aliphatic hydroxyl groups excluding tert-OH is 1. The molecule has 21 heavy (non-hydrogen) atoms. The van der Waals surface area contributed by atoms with Crippen LogP contribution in [0.4, 0.5) is 0 Å². The van der Waals surface area contributed by atoms with E-state index in [-0.39, 0.29) is 24.5 Å². The molecule has 1 saturated heterocycles. The van der Waals surface area contributed by atoms with Crippen LogP contribution in [0.25, 0.3) is 0 Å². The highest BCUT2D eigenvalue weighted by molar-refractivity contribution is 5.94. The first-order chi connectivity index (χ1) is 10.1. The Labute approximate surface area is 124 Å². The van der Waals surface area contributed by atoms with Crippen LogP contribution < -0.4 is 5.32 Å². The average molecular weight is 286 g/mol. The third-order valence-electron chi connectivity index (χ3n) is 3.42. The number of carbonyl (C=O) groups is 2. The summed E-state index contributed by atoms with van der Waals surface area (Å²) in [5.41, 5.74) is 1.31. The van der Waals surface area contributed by atoms with Crippen molar-refractivity contribution in [2.75, 3.05) is 20.2 Å². The van der Waals surface area contributed by atoms with Gasteiger partial charge in [0.15, 0.2) is 0 Å². The highest BCUT2D eigenvalue weighted by atomic mass is 16.2. The molecule has 0 aromatic heterocycles. The number of likely N-dealkylation sites (N-methyl/N-ethyl adjacent to an activating group) is 1. The van der Waals surface area contributed by atoms with E-state index in [0.29, 0.717) is 24.9 Å². The van der Waals surface area contributed by atoms with E-state index in [1.54, 1.807) is 36.2 Å². The van der Waals surface area contributed by atoms with Gasteiger partial charge in [-0.15, -0.1) is 0 Å². The van der Waals surface area contributed by atoms with Crippen molar-refractivity contribution in [2.45, 2.75) is 18.9 Å². The van der Waals surface area contributed by atoms with Crippen LogP contribution >= 0.6 is 0 Å². The molecule has 1 unspecified atom stereocenters. The molecule has 1 aliphatic rings. The van der Waals surface area contributed by atoms with Gasteiger partial charge in [-0.05, 0) is 30.7 Å². The van der Waals surface area contributed by atoms with E-state index in [1.165, 1.54) is 0 Å². The van der Waals surface area contributed by atoms with E-state index in [9.17, 15) is 9.59 Å². The summed E-state index contributed by atoms with van der Waals surface area (Å²) in [5.74, 6) is 5.30. The lowest BCUT2D eigenvalue weighted by atomic mass is 10.0. The van der Waals surface area contributed by atoms with E-state index >= 15 is 0 Å². The lowest BCUT2D eigenvalue weighted by molar-refractivity contribution is -0.132. The number of piperidine rings is 1. The zero-order valence-corrected chi connectivity index (χ0v) is 11.9. The number of amides is 2. The summed E-state index contributed by atoms with van der Waals surface area (Å²) in [4.78, 5) is 25.2. The van der Waals surface area contributed by atoms with E-state index in [1.807, 2.05) is 0 Å². The molecule has 0 radical (unpaired) electrons. The number of aliphatic hydroxyl groups is 1. The number of benzene rings is 1. The molecule has 0 spiro atoms. The van der Waals surface area contributed by atoms with Gasteiger partial charge in [0.2, 0.25) is 5.91 Å². The maximum absolute atomic E-state index is 12.1. The number of carbonyl (C=O) groups excluding carboxylic acids is 2. The predicted octanol–water partition coefficient (Wildman–Crippen LogP) is 0.381. The Morgan fingerprint density at radius 1 is 1.43 bits per heavy atom. The Morgan fingerprint density at radius 3 is 2.76 bits per heavy atom. The third kappa shape index (κ3) is 4.07. The van der Waals surface area contributed by atoms with Crippen LogP contribution in [-0.2, 0) is 4.79 Å². The fourth-order valence-electron chi connectivity index (χ4n) is 2.25. The maximum atomic E-state index is 12.1. The fourth-order valence-corrected chi connectivity index (χ4v) is 2.25. The van der Waals surface area contributed by atoms with Crippen molar-refractivity contribution in [3.8, 4) is 11.8 Å². The smallest absolute Gasteiger partial charge is 0.251 e. The minimum absolute atomic E-state index is 0.00550. The molecule has 0 bridgehead atoms. The van der Waals surface area contributed by atoms with Gasteiger partial charge >= 0.3 is 0 Å². The summed E-state index contributed by atoms with van der Waals surface area (Å²) < 4.78 is 0. The molecule has 0 saturated carbocycles. The van der Waals surface area contributed by atoms with Gasteiger partial charge in [0.25, 0.3) is 5.91 Å². The Balaban J connectivity index is 1.95. The lowest BCUT2D eigenvalue weighted by Gasteiger charge is -2.30. The second-order valence-electron chi connectivity index (χ2n) is 5.02. The molecule has 2 N–H and O–H groups in total. The van der Waals surface area contributed by atoms with Gasteiger partial charge in [0.1, 0.15) is 6.61 Å². The first-order valence-corrected chi connectivity index (χ1v) is 6.85. The SMILES string of the molecule is CN1CC(NC(=O)c2ccc(C#CCO)cc2)CCC1=O. The second kappa shape index (κ2) is 6.91. The molecular weight excluding hydrogens is 268 g/mol. The number of rotatable bonds is 2.